The van der Waals surface area contributed by atoms with Crippen LogP contribution in [0.4, 0.5) is 5.82 Å². The van der Waals surface area contributed by atoms with Gasteiger partial charge in [0.2, 0.25) is 0 Å². The quantitative estimate of drug-likeness (QED) is 0.709. The number of hydrogen-bond donors (Lipinski definition) is 2. The molecule has 1 saturated carbocycles. The van der Waals surface area contributed by atoms with Gasteiger partial charge in [0.05, 0.1) is 16.6 Å². The van der Waals surface area contributed by atoms with Crippen LogP contribution in [0.1, 0.15) is 41.6 Å². The summed E-state index contributed by atoms with van der Waals surface area (Å²) < 4.78 is 1.73. The van der Waals surface area contributed by atoms with E-state index in [1.54, 1.807) is 53.2 Å². The molecule has 0 saturated heterocycles. The van der Waals surface area contributed by atoms with E-state index in [-0.39, 0.29) is 5.91 Å². The average molecular weight is 384 g/mol. The molecule has 6 nitrogen and oxygen atoms in total. The first-order valence-electron chi connectivity index (χ1n) is 8.77. The number of anilines is 1. The highest BCUT2D eigenvalue weighted by Crippen LogP contribution is 2.41. The normalized spacial score (nSPS) is 15.7. The monoisotopic (exact) mass is 383 g/mol. The molecule has 1 fully saturated rings. The number of aromatic nitrogens is 2. The van der Waals surface area contributed by atoms with Gasteiger partial charge < -0.3 is 14.8 Å². The van der Waals surface area contributed by atoms with Crippen molar-refractivity contribution in [1.82, 2.24) is 9.38 Å². The van der Waals surface area contributed by atoms with Crippen molar-refractivity contribution in [2.45, 2.75) is 31.1 Å². The highest BCUT2D eigenvalue weighted by molar-refractivity contribution is 6.30. The molecule has 3 aromatic rings. The second kappa shape index (κ2) is 6.70. The van der Waals surface area contributed by atoms with Gasteiger partial charge in [-0.1, -0.05) is 36.6 Å². The van der Waals surface area contributed by atoms with Gasteiger partial charge in [-0.25, -0.2) is 4.98 Å². The summed E-state index contributed by atoms with van der Waals surface area (Å²) in [5.41, 5.74) is 1.06. The van der Waals surface area contributed by atoms with Crippen molar-refractivity contribution < 1.29 is 14.7 Å². The molecule has 0 unspecified atom stereocenters. The fourth-order valence-electron chi connectivity index (χ4n) is 3.76. The number of imidazole rings is 1. The summed E-state index contributed by atoms with van der Waals surface area (Å²) in [6.07, 6.45) is 6.49. The van der Waals surface area contributed by atoms with Gasteiger partial charge in [-0.3, -0.25) is 9.59 Å². The molecule has 0 bridgehead atoms. The predicted molar refractivity (Wildman–Crippen MR) is 102 cm³/mol. The van der Waals surface area contributed by atoms with Gasteiger partial charge in [-0.2, -0.15) is 0 Å². The second-order valence-corrected chi connectivity index (χ2v) is 7.30. The number of carboxylic acid groups (broad SMARTS) is 1. The summed E-state index contributed by atoms with van der Waals surface area (Å²) in [4.78, 5) is 28.6. The fourth-order valence-corrected chi connectivity index (χ4v) is 3.93. The third-order valence-corrected chi connectivity index (χ3v) is 5.45. The lowest BCUT2D eigenvalue weighted by atomic mass is 9.79. The van der Waals surface area contributed by atoms with Crippen molar-refractivity contribution in [3.63, 3.8) is 0 Å². The summed E-state index contributed by atoms with van der Waals surface area (Å²) >= 11 is 5.95. The Hall–Kier alpha value is -2.86. The smallest absolute Gasteiger partial charge is 0.314 e. The molecule has 2 heterocycles. The van der Waals surface area contributed by atoms with E-state index in [1.165, 1.54) is 0 Å². The molecule has 0 atom stereocenters. The molecule has 1 aromatic carbocycles. The maximum atomic E-state index is 12.5. The number of benzene rings is 1. The van der Waals surface area contributed by atoms with Crippen LogP contribution in [0.2, 0.25) is 5.02 Å². The van der Waals surface area contributed by atoms with E-state index in [4.69, 9.17) is 11.6 Å². The van der Waals surface area contributed by atoms with Crippen molar-refractivity contribution >= 4 is 34.9 Å². The van der Waals surface area contributed by atoms with Gasteiger partial charge in [0.25, 0.3) is 5.91 Å². The van der Waals surface area contributed by atoms with Crippen molar-refractivity contribution in [3.8, 4) is 0 Å². The number of nitrogens with zero attached hydrogens (tertiary/aromatic N) is 2. The summed E-state index contributed by atoms with van der Waals surface area (Å²) in [5.74, 6) is -0.670. The van der Waals surface area contributed by atoms with E-state index in [9.17, 15) is 14.7 Å². The summed E-state index contributed by atoms with van der Waals surface area (Å²) in [6, 6.07) is 10.3. The first-order valence-corrected chi connectivity index (χ1v) is 9.15. The predicted octanol–water partition coefficient (Wildman–Crippen LogP) is 4.14. The highest BCUT2D eigenvalue weighted by atomic mass is 35.5. The molecular formula is C20H18ClN3O3. The Labute approximate surface area is 160 Å². The Morgan fingerprint density at radius 1 is 1.07 bits per heavy atom. The van der Waals surface area contributed by atoms with Gasteiger partial charge in [0.1, 0.15) is 5.65 Å². The second-order valence-electron chi connectivity index (χ2n) is 6.86. The van der Waals surface area contributed by atoms with Gasteiger partial charge in [-0.05, 0) is 42.7 Å². The Kier molecular flexibility index (Phi) is 4.36. The van der Waals surface area contributed by atoms with Gasteiger partial charge in [0.15, 0.2) is 5.82 Å². The first-order chi connectivity index (χ1) is 13.0. The largest absolute Gasteiger partial charge is 0.481 e. The van der Waals surface area contributed by atoms with Gasteiger partial charge >= 0.3 is 5.97 Å². The van der Waals surface area contributed by atoms with Crippen LogP contribution in [0.5, 0.6) is 0 Å². The number of fused-ring (bicyclic) bond motifs is 1. The standard InChI is InChI=1S/C20H18ClN3O3/c21-15-7-8-17-22-16(12-24(17)11-15)23-18(25)13-3-5-14(6-4-13)20(19(26)27)9-1-2-10-20/h3-8,11-12H,1-2,9-10H2,(H,23,25)(H,26,27). The van der Waals surface area contributed by atoms with Crippen molar-refractivity contribution in [1.29, 1.82) is 0 Å². The number of hydrogen-bond acceptors (Lipinski definition) is 3. The van der Waals surface area contributed by atoms with Crippen LogP contribution >= 0.6 is 11.6 Å². The molecule has 138 valence electrons. The summed E-state index contributed by atoms with van der Waals surface area (Å²) in [5, 5.41) is 13.0. The Morgan fingerprint density at radius 2 is 1.78 bits per heavy atom. The number of aliphatic carboxylic acids is 1. The van der Waals surface area contributed by atoms with Crippen LogP contribution in [0, 0.1) is 0 Å². The van der Waals surface area contributed by atoms with E-state index < -0.39 is 11.4 Å². The first kappa shape index (κ1) is 17.5. The lowest BCUT2D eigenvalue weighted by molar-refractivity contribution is -0.143. The molecule has 2 N–H and O–H groups in total. The molecule has 0 aliphatic heterocycles. The summed E-state index contributed by atoms with van der Waals surface area (Å²) in [6.45, 7) is 0. The van der Waals surface area contributed by atoms with Crippen LogP contribution in [0.3, 0.4) is 0 Å². The lowest BCUT2D eigenvalue weighted by Crippen LogP contribution is -2.32. The third-order valence-electron chi connectivity index (χ3n) is 5.22. The maximum Gasteiger partial charge on any atom is 0.314 e. The van der Waals surface area contributed by atoms with Gasteiger partial charge in [0, 0.05) is 11.8 Å². The number of carbonyl (C=O) groups is 2. The fraction of sp³-hybridized carbons (Fsp3) is 0.250. The summed E-state index contributed by atoms with van der Waals surface area (Å²) in [7, 11) is 0. The lowest BCUT2D eigenvalue weighted by Gasteiger charge is -2.24. The molecule has 4 rings (SSSR count). The highest BCUT2D eigenvalue weighted by Gasteiger charge is 2.42. The van der Waals surface area contributed by atoms with Crippen molar-refractivity contribution in [2.24, 2.45) is 0 Å². The van der Waals surface area contributed by atoms with Crippen molar-refractivity contribution in [3.05, 3.63) is 64.9 Å². The number of halogens is 1. The van der Waals surface area contributed by atoms with Gasteiger partial charge in [-0.15, -0.1) is 0 Å². The number of nitrogens with one attached hydrogen (secondary N) is 1. The minimum atomic E-state index is -0.824. The third kappa shape index (κ3) is 3.17. The Bertz CT molecular complexity index is 1020. The van der Waals surface area contributed by atoms with E-state index in [2.05, 4.69) is 10.3 Å². The van der Waals surface area contributed by atoms with E-state index >= 15 is 0 Å². The molecular weight excluding hydrogens is 366 g/mol. The SMILES string of the molecule is O=C(Nc1cn2cc(Cl)ccc2n1)c1ccc(C2(C(=O)O)CCCC2)cc1. The van der Waals surface area contributed by atoms with E-state index in [0.717, 1.165) is 18.4 Å². The van der Waals surface area contributed by atoms with Crippen LogP contribution < -0.4 is 5.32 Å². The zero-order chi connectivity index (χ0) is 19.0. The molecule has 7 heteroatoms. The van der Waals surface area contributed by atoms with Crippen LogP contribution in [0.25, 0.3) is 5.65 Å². The molecule has 1 aliphatic carbocycles. The molecule has 27 heavy (non-hydrogen) atoms. The minimum absolute atomic E-state index is 0.299. The number of rotatable bonds is 4. The van der Waals surface area contributed by atoms with Crippen LogP contribution in [0.15, 0.2) is 48.8 Å². The van der Waals surface area contributed by atoms with E-state index in [1.807, 2.05) is 0 Å². The zero-order valence-electron chi connectivity index (χ0n) is 14.5. The molecule has 2 aromatic heterocycles. The molecule has 1 aliphatic rings. The van der Waals surface area contributed by atoms with Crippen LogP contribution in [-0.4, -0.2) is 26.4 Å². The number of carboxylic acids is 1. The number of carbonyl (C=O) groups excluding carboxylic acids is 1. The average Bonchev–Trinajstić information content (AvgIpc) is 3.29. The zero-order valence-corrected chi connectivity index (χ0v) is 15.2. The molecule has 0 radical (unpaired) electrons. The number of amides is 1. The minimum Gasteiger partial charge on any atom is -0.481 e. The molecule has 0 spiro atoms. The Balaban J connectivity index is 1.54. The topological polar surface area (TPSA) is 83.7 Å². The van der Waals surface area contributed by atoms with Crippen molar-refractivity contribution in [2.75, 3.05) is 5.32 Å². The molecule has 1 amide bonds. The number of pyridine rings is 1. The Morgan fingerprint density at radius 3 is 2.44 bits per heavy atom. The van der Waals surface area contributed by atoms with Crippen LogP contribution in [-0.2, 0) is 10.2 Å². The van der Waals surface area contributed by atoms with E-state index in [0.29, 0.717) is 34.9 Å². The maximum absolute atomic E-state index is 12.5.